The summed E-state index contributed by atoms with van der Waals surface area (Å²) in [6.07, 6.45) is 0.822. The Morgan fingerprint density at radius 3 is 2.16 bits per heavy atom. The van der Waals surface area contributed by atoms with Gasteiger partial charge in [-0.05, 0) is 43.5 Å². The van der Waals surface area contributed by atoms with E-state index in [1.54, 1.807) is 21.1 Å². The molecule has 1 aliphatic heterocycles. The van der Waals surface area contributed by atoms with Crippen LogP contribution in [0.3, 0.4) is 0 Å². The van der Waals surface area contributed by atoms with E-state index in [4.69, 9.17) is 9.47 Å². The summed E-state index contributed by atoms with van der Waals surface area (Å²) < 4.78 is 10.7. The van der Waals surface area contributed by atoms with Crippen LogP contribution in [0, 0.1) is 0 Å². The summed E-state index contributed by atoms with van der Waals surface area (Å²) in [6, 6.07) is 3.99. The van der Waals surface area contributed by atoms with Crippen LogP contribution in [-0.2, 0) is 17.8 Å². The van der Waals surface area contributed by atoms with Gasteiger partial charge in [0.1, 0.15) is 0 Å². The zero-order valence-electron chi connectivity index (χ0n) is 12.2. The lowest BCUT2D eigenvalue weighted by atomic mass is 9.85. The van der Waals surface area contributed by atoms with E-state index in [1.807, 2.05) is 17.0 Å². The molecule has 0 N–H and O–H groups in total. The third-order valence-electron chi connectivity index (χ3n) is 3.77. The molecule has 0 radical (unpaired) electrons. The highest BCUT2D eigenvalue weighted by Gasteiger charge is 2.35. The normalized spacial score (nSPS) is 16.8. The van der Waals surface area contributed by atoms with Gasteiger partial charge in [0.05, 0.1) is 14.2 Å². The van der Waals surface area contributed by atoms with Crippen LogP contribution in [0.4, 0.5) is 0 Å². The van der Waals surface area contributed by atoms with Gasteiger partial charge in [0, 0.05) is 19.0 Å². The SMILES string of the molecule is COc1cc2c(cc1OC)CC(C)(C)N(C(C)=O)C2. The molecule has 4 nitrogen and oxygen atoms in total. The van der Waals surface area contributed by atoms with Crippen molar-refractivity contribution < 1.29 is 14.3 Å². The number of rotatable bonds is 2. The van der Waals surface area contributed by atoms with Crippen molar-refractivity contribution in [1.82, 2.24) is 4.90 Å². The van der Waals surface area contributed by atoms with Crippen LogP contribution in [0.25, 0.3) is 0 Å². The van der Waals surface area contributed by atoms with Gasteiger partial charge in [0.2, 0.25) is 5.91 Å². The molecule has 1 amide bonds. The predicted molar refractivity (Wildman–Crippen MR) is 73.6 cm³/mol. The molecule has 4 heteroatoms. The predicted octanol–water partition coefficient (Wildman–Crippen LogP) is 2.39. The number of methoxy groups -OCH3 is 2. The van der Waals surface area contributed by atoms with Gasteiger partial charge in [0.15, 0.2) is 11.5 Å². The van der Waals surface area contributed by atoms with Crippen molar-refractivity contribution in [2.45, 2.75) is 39.3 Å². The number of nitrogens with zero attached hydrogens (tertiary/aromatic N) is 1. The first kappa shape index (κ1) is 13.7. The highest BCUT2D eigenvalue weighted by molar-refractivity contribution is 5.74. The van der Waals surface area contributed by atoms with E-state index < -0.39 is 0 Å². The minimum Gasteiger partial charge on any atom is -0.493 e. The van der Waals surface area contributed by atoms with Crippen molar-refractivity contribution in [2.75, 3.05) is 14.2 Å². The topological polar surface area (TPSA) is 38.8 Å². The Balaban J connectivity index is 2.47. The number of ether oxygens (including phenoxy) is 2. The quantitative estimate of drug-likeness (QED) is 0.822. The lowest BCUT2D eigenvalue weighted by Gasteiger charge is -2.43. The first-order valence-electron chi connectivity index (χ1n) is 6.41. The molecule has 0 aromatic heterocycles. The second-order valence-corrected chi connectivity index (χ2v) is 5.57. The lowest BCUT2D eigenvalue weighted by Crippen LogP contribution is -2.50. The number of carbonyl (C=O) groups is 1. The molecule has 0 aliphatic carbocycles. The van der Waals surface area contributed by atoms with E-state index in [2.05, 4.69) is 13.8 Å². The van der Waals surface area contributed by atoms with E-state index in [0.29, 0.717) is 12.3 Å². The van der Waals surface area contributed by atoms with E-state index in [-0.39, 0.29) is 11.4 Å². The van der Waals surface area contributed by atoms with Gasteiger partial charge in [-0.2, -0.15) is 0 Å². The van der Waals surface area contributed by atoms with Crippen LogP contribution in [0.5, 0.6) is 11.5 Å². The summed E-state index contributed by atoms with van der Waals surface area (Å²) in [6.45, 7) is 6.42. The Hall–Kier alpha value is -1.71. The van der Waals surface area contributed by atoms with E-state index in [1.165, 1.54) is 5.56 Å². The van der Waals surface area contributed by atoms with Gasteiger partial charge < -0.3 is 14.4 Å². The lowest BCUT2D eigenvalue weighted by molar-refractivity contribution is -0.135. The zero-order chi connectivity index (χ0) is 14.2. The molecule has 1 aromatic carbocycles. The molecule has 0 saturated carbocycles. The molecule has 2 rings (SSSR count). The zero-order valence-corrected chi connectivity index (χ0v) is 12.2. The third-order valence-corrected chi connectivity index (χ3v) is 3.77. The molecule has 0 saturated heterocycles. The molecular formula is C15H21NO3. The van der Waals surface area contributed by atoms with Crippen molar-refractivity contribution in [3.8, 4) is 11.5 Å². The molecule has 0 fully saturated rings. The summed E-state index contributed by atoms with van der Waals surface area (Å²) in [4.78, 5) is 13.7. The smallest absolute Gasteiger partial charge is 0.220 e. The van der Waals surface area contributed by atoms with Gasteiger partial charge in [-0.15, -0.1) is 0 Å². The maximum absolute atomic E-state index is 11.8. The Morgan fingerprint density at radius 2 is 1.68 bits per heavy atom. The van der Waals surface area contributed by atoms with Crippen LogP contribution >= 0.6 is 0 Å². The Labute approximate surface area is 114 Å². The summed E-state index contributed by atoms with van der Waals surface area (Å²) >= 11 is 0. The molecule has 0 bridgehead atoms. The average Bonchev–Trinajstić information content (AvgIpc) is 2.35. The molecule has 19 heavy (non-hydrogen) atoms. The summed E-state index contributed by atoms with van der Waals surface area (Å²) in [5.74, 6) is 1.56. The molecule has 0 atom stereocenters. The molecule has 1 aliphatic rings. The second-order valence-electron chi connectivity index (χ2n) is 5.57. The molecular weight excluding hydrogens is 242 g/mol. The van der Waals surface area contributed by atoms with Gasteiger partial charge in [-0.1, -0.05) is 0 Å². The monoisotopic (exact) mass is 263 g/mol. The summed E-state index contributed by atoms with van der Waals surface area (Å²) in [5, 5.41) is 0. The van der Waals surface area contributed by atoms with Crippen molar-refractivity contribution >= 4 is 5.91 Å². The van der Waals surface area contributed by atoms with Gasteiger partial charge >= 0.3 is 0 Å². The minimum atomic E-state index is -0.168. The molecule has 1 heterocycles. The fourth-order valence-corrected chi connectivity index (χ4v) is 2.76. The number of fused-ring (bicyclic) bond motifs is 1. The van der Waals surface area contributed by atoms with Gasteiger partial charge in [-0.25, -0.2) is 0 Å². The Morgan fingerprint density at radius 1 is 1.16 bits per heavy atom. The van der Waals surface area contributed by atoms with Gasteiger partial charge in [-0.3, -0.25) is 4.79 Å². The molecule has 1 aromatic rings. The fourth-order valence-electron chi connectivity index (χ4n) is 2.76. The van der Waals surface area contributed by atoms with Crippen molar-refractivity contribution in [3.63, 3.8) is 0 Å². The highest BCUT2D eigenvalue weighted by atomic mass is 16.5. The minimum absolute atomic E-state index is 0.102. The van der Waals surface area contributed by atoms with Crippen molar-refractivity contribution in [3.05, 3.63) is 23.3 Å². The fraction of sp³-hybridized carbons (Fsp3) is 0.533. The summed E-state index contributed by atoms with van der Waals surface area (Å²) in [5.41, 5.74) is 2.19. The number of hydrogen-bond donors (Lipinski definition) is 0. The average molecular weight is 263 g/mol. The van der Waals surface area contributed by atoms with Crippen LogP contribution in [0.15, 0.2) is 12.1 Å². The maximum atomic E-state index is 11.8. The number of amides is 1. The molecule has 104 valence electrons. The van der Waals surface area contributed by atoms with Crippen LogP contribution in [0.1, 0.15) is 31.9 Å². The first-order valence-corrected chi connectivity index (χ1v) is 6.41. The van der Waals surface area contributed by atoms with Crippen LogP contribution in [0.2, 0.25) is 0 Å². The number of hydrogen-bond acceptors (Lipinski definition) is 3. The van der Waals surface area contributed by atoms with Crippen LogP contribution in [-0.4, -0.2) is 30.6 Å². The standard InChI is InChI=1S/C15H21NO3/c1-10(17)16-9-12-7-14(19-5)13(18-4)6-11(12)8-15(16,2)3/h6-7H,8-9H2,1-5H3. The van der Waals surface area contributed by atoms with E-state index in [0.717, 1.165) is 17.7 Å². The summed E-state index contributed by atoms with van der Waals surface area (Å²) in [7, 11) is 3.26. The van der Waals surface area contributed by atoms with E-state index in [9.17, 15) is 4.79 Å². The van der Waals surface area contributed by atoms with Crippen LogP contribution < -0.4 is 9.47 Å². The Kier molecular flexibility index (Phi) is 3.43. The van der Waals surface area contributed by atoms with E-state index >= 15 is 0 Å². The second kappa shape index (κ2) is 4.76. The first-order chi connectivity index (χ1) is 8.89. The number of benzene rings is 1. The third kappa shape index (κ3) is 2.39. The Bertz CT molecular complexity index is 508. The van der Waals surface area contributed by atoms with Crippen molar-refractivity contribution in [1.29, 1.82) is 0 Å². The maximum Gasteiger partial charge on any atom is 0.220 e. The van der Waals surface area contributed by atoms with Crippen molar-refractivity contribution in [2.24, 2.45) is 0 Å². The molecule has 0 spiro atoms. The largest absolute Gasteiger partial charge is 0.493 e. The molecule has 0 unspecified atom stereocenters. The van der Waals surface area contributed by atoms with Gasteiger partial charge in [0.25, 0.3) is 0 Å². The number of carbonyl (C=O) groups excluding carboxylic acids is 1. The highest BCUT2D eigenvalue weighted by Crippen LogP contribution is 2.37.